The van der Waals surface area contributed by atoms with Crippen molar-refractivity contribution in [3.63, 3.8) is 0 Å². The van der Waals surface area contributed by atoms with Crippen LogP contribution in [-0.2, 0) is 17.6 Å². The second kappa shape index (κ2) is 11.0. The first kappa shape index (κ1) is 19.6. The molecule has 1 unspecified atom stereocenters. The molecular weight excluding hydrogens is 310 g/mol. The fourth-order valence-electron chi connectivity index (χ4n) is 2.79. The number of rotatable bonds is 11. The van der Waals surface area contributed by atoms with Gasteiger partial charge in [0.2, 0.25) is 0 Å². The van der Waals surface area contributed by atoms with E-state index in [4.69, 9.17) is 4.74 Å². The van der Waals surface area contributed by atoms with Crippen LogP contribution in [0.15, 0.2) is 60.7 Å². The first-order chi connectivity index (χ1) is 12.1. The second-order valence-electron chi connectivity index (χ2n) is 7.04. The van der Waals surface area contributed by atoms with Gasteiger partial charge in [-0.1, -0.05) is 74.5 Å². The van der Waals surface area contributed by atoms with E-state index in [-0.39, 0.29) is 6.10 Å². The Morgan fingerprint density at radius 2 is 1.36 bits per heavy atom. The van der Waals surface area contributed by atoms with Crippen molar-refractivity contribution in [1.82, 2.24) is 5.32 Å². The number of benzene rings is 2. The molecule has 0 radical (unpaired) electrons. The zero-order valence-electron chi connectivity index (χ0n) is 15.4. The van der Waals surface area contributed by atoms with Crippen LogP contribution in [0.5, 0.6) is 0 Å². The van der Waals surface area contributed by atoms with Crippen molar-refractivity contribution in [3.05, 3.63) is 71.8 Å². The molecule has 2 aromatic rings. The summed E-state index contributed by atoms with van der Waals surface area (Å²) in [7, 11) is 0. The summed E-state index contributed by atoms with van der Waals surface area (Å²) in [6.45, 7) is 6.16. The molecule has 0 saturated heterocycles. The molecule has 0 bridgehead atoms. The summed E-state index contributed by atoms with van der Waals surface area (Å²) in [6, 6.07) is 20.8. The lowest BCUT2D eigenvalue weighted by molar-refractivity contribution is -0.00823. The average Bonchev–Trinajstić information content (AvgIpc) is 2.61. The number of hydrogen-bond acceptors (Lipinski definition) is 3. The molecule has 0 saturated carbocycles. The maximum atomic E-state index is 10.2. The molecule has 25 heavy (non-hydrogen) atoms. The highest BCUT2D eigenvalue weighted by molar-refractivity contribution is 5.19. The number of hydrogen-bond donors (Lipinski definition) is 2. The van der Waals surface area contributed by atoms with Gasteiger partial charge in [0.15, 0.2) is 0 Å². The van der Waals surface area contributed by atoms with E-state index in [1.807, 2.05) is 12.1 Å². The van der Waals surface area contributed by atoms with Gasteiger partial charge < -0.3 is 15.2 Å². The van der Waals surface area contributed by atoms with Gasteiger partial charge in [0.25, 0.3) is 0 Å². The van der Waals surface area contributed by atoms with E-state index < -0.39 is 6.10 Å². The highest BCUT2D eigenvalue weighted by Crippen LogP contribution is 2.12. The second-order valence-corrected chi connectivity index (χ2v) is 7.04. The van der Waals surface area contributed by atoms with Crippen LogP contribution in [0.25, 0.3) is 0 Å². The predicted molar refractivity (Wildman–Crippen MR) is 104 cm³/mol. The molecule has 0 fully saturated rings. The van der Waals surface area contributed by atoms with Crippen LogP contribution < -0.4 is 5.32 Å². The van der Waals surface area contributed by atoms with E-state index in [9.17, 15) is 5.11 Å². The highest BCUT2D eigenvalue weighted by atomic mass is 16.5. The van der Waals surface area contributed by atoms with E-state index in [1.54, 1.807) is 0 Å². The molecular formula is C22H31NO2. The summed E-state index contributed by atoms with van der Waals surface area (Å²) < 4.78 is 6.08. The van der Waals surface area contributed by atoms with Crippen LogP contribution in [0.3, 0.4) is 0 Å². The monoisotopic (exact) mass is 341 g/mol. The Balaban J connectivity index is 1.87. The standard InChI is InChI=1S/C22H31NO2/c1-18(2)15-23-16-21(24)17-25-22(13-19-9-5-3-6-10-19)14-20-11-7-4-8-12-20/h3-12,18,21-24H,13-17H2,1-2H3. The summed E-state index contributed by atoms with van der Waals surface area (Å²) >= 11 is 0. The Hall–Kier alpha value is -1.68. The Labute approximate surface area is 152 Å². The van der Waals surface area contributed by atoms with Crippen molar-refractivity contribution in [1.29, 1.82) is 0 Å². The van der Waals surface area contributed by atoms with Gasteiger partial charge in [-0.2, -0.15) is 0 Å². The molecule has 2 N–H and O–H groups in total. The minimum atomic E-state index is -0.479. The SMILES string of the molecule is CC(C)CNCC(O)COC(Cc1ccccc1)Cc1ccccc1. The minimum absolute atomic E-state index is 0.0598. The quantitative estimate of drug-likeness (QED) is 0.658. The van der Waals surface area contributed by atoms with Gasteiger partial charge in [-0.3, -0.25) is 0 Å². The maximum Gasteiger partial charge on any atom is 0.0897 e. The smallest absolute Gasteiger partial charge is 0.0897 e. The Kier molecular flexibility index (Phi) is 8.67. The van der Waals surface area contributed by atoms with Crippen LogP contribution >= 0.6 is 0 Å². The van der Waals surface area contributed by atoms with Gasteiger partial charge in [-0.05, 0) is 36.4 Å². The molecule has 0 amide bonds. The van der Waals surface area contributed by atoms with Crippen LogP contribution in [-0.4, -0.2) is 37.0 Å². The Bertz CT molecular complexity index is 530. The third-order valence-corrected chi connectivity index (χ3v) is 4.07. The van der Waals surface area contributed by atoms with Gasteiger partial charge in [-0.15, -0.1) is 0 Å². The van der Waals surface area contributed by atoms with Crippen molar-refractivity contribution < 1.29 is 9.84 Å². The van der Waals surface area contributed by atoms with Gasteiger partial charge >= 0.3 is 0 Å². The summed E-state index contributed by atoms with van der Waals surface area (Å²) in [5.41, 5.74) is 2.52. The van der Waals surface area contributed by atoms with E-state index in [1.165, 1.54) is 11.1 Å². The molecule has 136 valence electrons. The van der Waals surface area contributed by atoms with Gasteiger partial charge in [0.1, 0.15) is 0 Å². The van der Waals surface area contributed by atoms with Gasteiger partial charge in [0, 0.05) is 6.54 Å². The molecule has 3 heteroatoms. The first-order valence-electron chi connectivity index (χ1n) is 9.21. The molecule has 2 rings (SSSR count). The summed E-state index contributed by atoms with van der Waals surface area (Å²) in [6.07, 6.45) is 1.28. The van der Waals surface area contributed by atoms with Crippen LogP contribution in [0, 0.1) is 5.92 Å². The van der Waals surface area contributed by atoms with Crippen LogP contribution in [0.4, 0.5) is 0 Å². The lowest BCUT2D eigenvalue weighted by Crippen LogP contribution is -2.34. The zero-order valence-corrected chi connectivity index (χ0v) is 15.4. The molecule has 2 aromatic carbocycles. The molecule has 0 spiro atoms. The molecule has 1 atom stereocenters. The molecule has 3 nitrogen and oxygen atoms in total. The van der Waals surface area contributed by atoms with Crippen molar-refractivity contribution in [2.75, 3.05) is 19.7 Å². The van der Waals surface area contributed by atoms with E-state index >= 15 is 0 Å². The maximum absolute atomic E-state index is 10.2. The van der Waals surface area contributed by atoms with E-state index in [2.05, 4.69) is 67.7 Å². The third-order valence-electron chi connectivity index (χ3n) is 4.07. The van der Waals surface area contributed by atoms with Crippen molar-refractivity contribution in [2.24, 2.45) is 5.92 Å². The van der Waals surface area contributed by atoms with Crippen LogP contribution in [0.2, 0.25) is 0 Å². The third kappa shape index (κ3) is 8.30. The number of aliphatic hydroxyl groups excluding tert-OH is 1. The lowest BCUT2D eigenvalue weighted by Gasteiger charge is -2.21. The highest BCUT2D eigenvalue weighted by Gasteiger charge is 2.14. The van der Waals surface area contributed by atoms with Crippen molar-refractivity contribution in [2.45, 2.75) is 38.9 Å². The summed E-state index contributed by atoms with van der Waals surface area (Å²) in [5.74, 6) is 0.581. The van der Waals surface area contributed by atoms with E-state index in [0.717, 1.165) is 19.4 Å². The number of aliphatic hydroxyl groups is 1. The first-order valence-corrected chi connectivity index (χ1v) is 9.21. The molecule has 0 aliphatic rings. The number of ether oxygens (including phenoxy) is 1. The molecule has 0 heterocycles. The van der Waals surface area contributed by atoms with Crippen molar-refractivity contribution in [3.8, 4) is 0 Å². The minimum Gasteiger partial charge on any atom is -0.389 e. The largest absolute Gasteiger partial charge is 0.389 e. The molecule has 0 aliphatic heterocycles. The van der Waals surface area contributed by atoms with Crippen LogP contribution in [0.1, 0.15) is 25.0 Å². The summed E-state index contributed by atoms with van der Waals surface area (Å²) in [5, 5.41) is 13.4. The van der Waals surface area contributed by atoms with Crippen molar-refractivity contribution >= 4 is 0 Å². The average molecular weight is 341 g/mol. The zero-order chi connectivity index (χ0) is 17.9. The lowest BCUT2D eigenvalue weighted by atomic mass is 10.0. The normalized spacial score (nSPS) is 12.7. The van der Waals surface area contributed by atoms with E-state index in [0.29, 0.717) is 19.1 Å². The van der Waals surface area contributed by atoms with Gasteiger partial charge in [0.05, 0.1) is 18.8 Å². The van der Waals surface area contributed by atoms with Gasteiger partial charge in [-0.25, -0.2) is 0 Å². The summed E-state index contributed by atoms with van der Waals surface area (Å²) in [4.78, 5) is 0. The predicted octanol–water partition coefficient (Wildman–Crippen LogP) is 3.46. The fourth-order valence-corrected chi connectivity index (χ4v) is 2.79. The Morgan fingerprint density at radius 1 is 0.840 bits per heavy atom. The molecule has 0 aliphatic carbocycles. The Morgan fingerprint density at radius 3 is 1.84 bits per heavy atom. The molecule has 0 aromatic heterocycles. The topological polar surface area (TPSA) is 41.5 Å². The fraction of sp³-hybridized carbons (Fsp3) is 0.455. The number of nitrogens with one attached hydrogen (secondary N) is 1.